The fourth-order valence-electron chi connectivity index (χ4n) is 6.15. The van der Waals surface area contributed by atoms with Gasteiger partial charge in [-0.2, -0.15) is 15.2 Å². The number of benzene rings is 1. The van der Waals surface area contributed by atoms with Crippen molar-refractivity contribution in [3.8, 4) is 17.6 Å². The number of nitriles is 1. The SMILES string of the molecule is N#Cc1c[nH]c2nc(Nc3ccc(C(=O)N4CCN(C5CC5)CC4)c4c3OCCO4)nc(NC3CCCCC3)c12. The molecule has 4 heterocycles. The van der Waals surface area contributed by atoms with Gasteiger partial charge in [-0.05, 0) is 37.8 Å². The summed E-state index contributed by atoms with van der Waals surface area (Å²) in [7, 11) is 0. The van der Waals surface area contributed by atoms with Gasteiger partial charge in [-0.15, -0.1) is 0 Å². The Morgan fingerprint density at radius 2 is 1.77 bits per heavy atom. The number of hydrogen-bond acceptors (Lipinski definition) is 9. The normalized spacial score (nSPS) is 19.8. The van der Waals surface area contributed by atoms with Crippen LogP contribution in [0, 0.1) is 11.3 Å². The molecule has 11 nitrogen and oxygen atoms in total. The Labute approximate surface area is 232 Å². The standard InChI is InChI=1S/C29H34N8O3/c30-16-18-17-31-26-23(18)27(32-19-4-2-1-3-5-19)35-29(34-26)33-22-9-8-21(24-25(22)40-15-14-39-24)28(38)37-12-10-36(11-13-37)20-6-7-20/h8-9,17,19-20H,1-7,10-15H2,(H3,31,32,33,34,35). The molecule has 0 spiro atoms. The van der Waals surface area contributed by atoms with Crippen LogP contribution in [0.25, 0.3) is 11.0 Å². The van der Waals surface area contributed by atoms with E-state index in [4.69, 9.17) is 14.5 Å². The molecule has 0 atom stereocenters. The van der Waals surface area contributed by atoms with Gasteiger partial charge in [0, 0.05) is 44.5 Å². The van der Waals surface area contributed by atoms with Crippen molar-refractivity contribution in [2.75, 3.05) is 50.0 Å². The number of aromatic amines is 1. The Kier molecular flexibility index (Phi) is 6.55. The second-order valence-corrected chi connectivity index (χ2v) is 11.1. The van der Waals surface area contributed by atoms with Crippen molar-refractivity contribution in [2.45, 2.75) is 57.0 Å². The molecule has 2 aliphatic carbocycles. The molecule has 3 N–H and O–H groups in total. The number of rotatable bonds is 6. The highest BCUT2D eigenvalue weighted by molar-refractivity contribution is 5.99. The van der Waals surface area contributed by atoms with Gasteiger partial charge in [0.25, 0.3) is 5.91 Å². The zero-order valence-electron chi connectivity index (χ0n) is 22.5. The molecule has 1 aromatic carbocycles. The molecule has 40 heavy (non-hydrogen) atoms. The number of anilines is 3. The van der Waals surface area contributed by atoms with Gasteiger partial charge in [0.1, 0.15) is 30.7 Å². The van der Waals surface area contributed by atoms with E-state index >= 15 is 0 Å². The molecule has 1 amide bonds. The molecule has 1 saturated heterocycles. The highest BCUT2D eigenvalue weighted by Crippen LogP contribution is 2.42. The summed E-state index contributed by atoms with van der Waals surface area (Å²) in [6.45, 7) is 4.03. The maximum atomic E-state index is 13.5. The molecule has 0 unspecified atom stereocenters. The van der Waals surface area contributed by atoms with E-state index in [9.17, 15) is 10.1 Å². The Bertz CT molecular complexity index is 1460. The van der Waals surface area contributed by atoms with Gasteiger partial charge >= 0.3 is 0 Å². The maximum absolute atomic E-state index is 13.5. The number of ether oxygens (including phenoxy) is 2. The summed E-state index contributed by atoms with van der Waals surface area (Å²) in [6, 6.07) is 6.90. The zero-order valence-corrected chi connectivity index (χ0v) is 22.5. The van der Waals surface area contributed by atoms with Crippen LogP contribution in [-0.4, -0.2) is 82.1 Å². The Hall–Kier alpha value is -4.04. The quantitative estimate of drug-likeness (QED) is 0.423. The summed E-state index contributed by atoms with van der Waals surface area (Å²) in [6.07, 6.45) is 9.98. The number of carbonyl (C=O) groups excluding carboxylic acids is 1. The third-order valence-corrected chi connectivity index (χ3v) is 8.43. The van der Waals surface area contributed by atoms with Crippen LogP contribution in [0.2, 0.25) is 0 Å². The van der Waals surface area contributed by atoms with Crippen LogP contribution in [0.3, 0.4) is 0 Å². The monoisotopic (exact) mass is 542 g/mol. The molecule has 2 aliphatic heterocycles. The lowest BCUT2D eigenvalue weighted by Crippen LogP contribution is -2.49. The molecule has 4 aliphatic rings. The molecule has 2 saturated carbocycles. The lowest BCUT2D eigenvalue weighted by atomic mass is 9.95. The third-order valence-electron chi connectivity index (χ3n) is 8.43. The lowest BCUT2D eigenvalue weighted by Gasteiger charge is -2.35. The second-order valence-electron chi connectivity index (χ2n) is 11.1. The molecule has 208 valence electrons. The van der Waals surface area contributed by atoms with Gasteiger partial charge in [0.15, 0.2) is 11.5 Å². The van der Waals surface area contributed by atoms with E-state index in [0.717, 1.165) is 39.0 Å². The molecule has 3 aromatic rings. The number of fused-ring (bicyclic) bond motifs is 2. The van der Waals surface area contributed by atoms with Gasteiger partial charge < -0.3 is 30.0 Å². The Morgan fingerprint density at radius 3 is 2.52 bits per heavy atom. The van der Waals surface area contributed by atoms with Crippen molar-refractivity contribution >= 4 is 34.4 Å². The number of hydrogen-bond donors (Lipinski definition) is 3. The first-order valence-corrected chi connectivity index (χ1v) is 14.5. The van der Waals surface area contributed by atoms with E-state index in [0.29, 0.717) is 76.4 Å². The molecule has 3 fully saturated rings. The average Bonchev–Trinajstić information content (AvgIpc) is 3.77. The summed E-state index contributed by atoms with van der Waals surface area (Å²) >= 11 is 0. The molecule has 11 heteroatoms. The van der Waals surface area contributed by atoms with Gasteiger partial charge in [-0.1, -0.05) is 19.3 Å². The number of amides is 1. The van der Waals surface area contributed by atoms with E-state index < -0.39 is 0 Å². The van der Waals surface area contributed by atoms with Crippen LogP contribution in [0.4, 0.5) is 17.5 Å². The molecule has 7 rings (SSSR count). The summed E-state index contributed by atoms with van der Waals surface area (Å²) in [5.74, 6) is 1.92. The van der Waals surface area contributed by atoms with Crippen LogP contribution in [0.5, 0.6) is 11.5 Å². The van der Waals surface area contributed by atoms with Crippen LogP contribution in [0.1, 0.15) is 60.9 Å². The highest BCUT2D eigenvalue weighted by Gasteiger charge is 2.34. The van der Waals surface area contributed by atoms with Crippen molar-refractivity contribution < 1.29 is 14.3 Å². The number of carbonyl (C=O) groups is 1. The fourth-order valence-corrected chi connectivity index (χ4v) is 6.15. The van der Waals surface area contributed by atoms with E-state index in [1.807, 2.05) is 11.0 Å². The van der Waals surface area contributed by atoms with E-state index in [2.05, 4.69) is 31.6 Å². The summed E-state index contributed by atoms with van der Waals surface area (Å²) in [5, 5.41) is 17.2. The van der Waals surface area contributed by atoms with E-state index in [-0.39, 0.29) is 5.91 Å². The van der Waals surface area contributed by atoms with Crippen molar-refractivity contribution in [2.24, 2.45) is 0 Å². The van der Waals surface area contributed by atoms with Crippen molar-refractivity contribution in [1.29, 1.82) is 5.26 Å². The molecular formula is C29H34N8O3. The summed E-state index contributed by atoms with van der Waals surface area (Å²) < 4.78 is 12.0. The minimum atomic E-state index is -0.0317. The molecule has 0 radical (unpaired) electrons. The lowest BCUT2D eigenvalue weighted by molar-refractivity contribution is 0.0618. The number of nitrogens with zero attached hydrogens (tertiary/aromatic N) is 5. The predicted octanol–water partition coefficient (Wildman–Crippen LogP) is 4.01. The van der Waals surface area contributed by atoms with E-state index in [1.165, 1.54) is 32.1 Å². The van der Waals surface area contributed by atoms with Crippen molar-refractivity contribution in [3.05, 3.63) is 29.5 Å². The predicted molar refractivity (Wildman–Crippen MR) is 150 cm³/mol. The topological polar surface area (TPSA) is 131 Å². The van der Waals surface area contributed by atoms with Gasteiger partial charge in [-0.3, -0.25) is 9.69 Å². The largest absolute Gasteiger partial charge is 0.485 e. The van der Waals surface area contributed by atoms with Crippen LogP contribution >= 0.6 is 0 Å². The Balaban J connectivity index is 1.17. The molecular weight excluding hydrogens is 508 g/mol. The van der Waals surface area contributed by atoms with Crippen LogP contribution in [0.15, 0.2) is 18.3 Å². The van der Waals surface area contributed by atoms with Gasteiger partial charge in [0.2, 0.25) is 5.95 Å². The first-order chi connectivity index (χ1) is 19.7. The fraction of sp³-hybridized carbons (Fsp3) is 0.517. The summed E-state index contributed by atoms with van der Waals surface area (Å²) in [4.78, 5) is 30.5. The van der Waals surface area contributed by atoms with Crippen LogP contribution in [-0.2, 0) is 0 Å². The van der Waals surface area contributed by atoms with E-state index in [1.54, 1.807) is 12.3 Å². The second kappa shape index (κ2) is 10.5. The first-order valence-electron chi connectivity index (χ1n) is 14.5. The minimum absolute atomic E-state index is 0.0317. The van der Waals surface area contributed by atoms with Gasteiger partial charge in [0.05, 0.1) is 22.2 Å². The number of piperazine rings is 1. The maximum Gasteiger partial charge on any atom is 0.257 e. The molecule has 0 bridgehead atoms. The number of H-pyrrole nitrogens is 1. The smallest absolute Gasteiger partial charge is 0.257 e. The van der Waals surface area contributed by atoms with Crippen molar-refractivity contribution in [1.82, 2.24) is 24.8 Å². The molecule has 2 aromatic heterocycles. The number of aromatic nitrogens is 3. The van der Waals surface area contributed by atoms with Gasteiger partial charge in [-0.25, -0.2) is 0 Å². The summed E-state index contributed by atoms with van der Waals surface area (Å²) in [5.41, 5.74) is 2.23. The first kappa shape index (κ1) is 25.0. The number of nitrogens with one attached hydrogen (secondary N) is 3. The van der Waals surface area contributed by atoms with Crippen LogP contribution < -0.4 is 20.1 Å². The van der Waals surface area contributed by atoms with Crippen molar-refractivity contribution in [3.63, 3.8) is 0 Å². The Morgan fingerprint density at radius 1 is 1.00 bits per heavy atom. The zero-order chi connectivity index (χ0) is 27.1. The average molecular weight is 543 g/mol. The third kappa shape index (κ3) is 4.77. The minimum Gasteiger partial charge on any atom is -0.485 e. The highest BCUT2D eigenvalue weighted by atomic mass is 16.6.